The molecule has 132 valence electrons. The third-order valence-corrected chi connectivity index (χ3v) is 5.38. The third-order valence-electron chi connectivity index (χ3n) is 5.38. The van der Waals surface area contributed by atoms with E-state index in [1.165, 1.54) is 24.2 Å². The number of hydrogen-bond acceptors (Lipinski definition) is 3. The standard InChI is InChI=1S/C20H26N4O/c1-14-3-4-15(2)24(14)18-8-11-23(12-9-18)20(25)16-7-10-21-19(13-16)22-17-5-6-17/h3-4,7,10,13,17-18H,5-6,8-9,11-12H2,1-2H3,(H,21,22). The van der Waals surface area contributed by atoms with E-state index in [0.29, 0.717) is 12.1 Å². The van der Waals surface area contributed by atoms with Gasteiger partial charge in [-0.3, -0.25) is 4.79 Å². The zero-order valence-corrected chi connectivity index (χ0v) is 15.0. The van der Waals surface area contributed by atoms with E-state index in [1.54, 1.807) is 6.20 Å². The minimum atomic E-state index is 0.126. The van der Waals surface area contributed by atoms with Gasteiger partial charge < -0.3 is 14.8 Å². The van der Waals surface area contributed by atoms with E-state index >= 15 is 0 Å². The fourth-order valence-electron chi connectivity index (χ4n) is 3.84. The predicted molar refractivity (Wildman–Crippen MR) is 99.0 cm³/mol. The maximum atomic E-state index is 12.8. The van der Waals surface area contributed by atoms with Crippen molar-refractivity contribution in [3.63, 3.8) is 0 Å². The van der Waals surface area contributed by atoms with Crippen LogP contribution in [0.25, 0.3) is 0 Å². The number of aryl methyl sites for hydroxylation is 2. The molecule has 1 saturated heterocycles. The second kappa shape index (κ2) is 6.54. The van der Waals surface area contributed by atoms with Crippen LogP contribution in [0.5, 0.6) is 0 Å². The summed E-state index contributed by atoms with van der Waals surface area (Å²) in [6.45, 7) is 5.95. The van der Waals surface area contributed by atoms with E-state index in [9.17, 15) is 4.79 Å². The lowest BCUT2D eigenvalue weighted by molar-refractivity contribution is 0.0693. The van der Waals surface area contributed by atoms with E-state index in [1.807, 2.05) is 17.0 Å². The number of hydrogen-bond donors (Lipinski definition) is 1. The highest BCUT2D eigenvalue weighted by molar-refractivity contribution is 5.94. The summed E-state index contributed by atoms with van der Waals surface area (Å²) in [5.41, 5.74) is 3.37. The number of carbonyl (C=O) groups excluding carboxylic acids is 1. The van der Waals surface area contributed by atoms with Gasteiger partial charge in [-0.1, -0.05) is 0 Å². The van der Waals surface area contributed by atoms with Crippen molar-refractivity contribution >= 4 is 11.7 Å². The third kappa shape index (κ3) is 3.41. The first kappa shape index (κ1) is 16.2. The maximum Gasteiger partial charge on any atom is 0.254 e. The van der Waals surface area contributed by atoms with Crippen LogP contribution in [0.15, 0.2) is 30.5 Å². The van der Waals surface area contributed by atoms with Crippen LogP contribution in [0.3, 0.4) is 0 Å². The van der Waals surface area contributed by atoms with Crippen molar-refractivity contribution in [2.75, 3.05) is 18.4 Å². The first-order valence-electron chi connectivity index (χ1n) is 9.28. The summed E-state index contributed by atoms with van der Waals surface area (Å²) in [6.07, 6.45) is 6.16. The molecule has 0 unspecified atom stereocenters. The topological polar surface area (TPSA) is 50.2 Å². The molecule has 1 saturated carbocycles. The van der Waals surface area contributed by atoms with E-state index in [4.69, 9.17) is 0 Å². The van der Waals surface area contributed by atoms with Crippen LogP contribution in [-0.4, -0.2) is 39.5 Å². The van der Waals surface area contributed by atoms with Crippen molar-refractivity contribution in [2.24, 2.45) is 0 Å². The van der Waals surface area contributed by atoms with Crippen LogP contribution in [0.2, 0.25) is 0 Å². The molecule has 0 aromatic carbocycles. The highest BCUT2D eigenvalue weighted by Crippen LogP contribution is 2.28. The summed E-state index contributed by atoms with van der Waals surface area (Å²) in [4.78, 5) is 19.2. The molecule has 5 heteroatoms. The van der Waals surface area contributed by atoms with E-state index in [-0.39, 0.29) is 5.91 Å². The number of nitrogens with one attached hydrogen (secondary N) is 1. The molecule has 1 amide bonds. The monoisotopic (exact) mass is 338 g/mol. The molecule has 2 fully saturated rings. The summed E-state index contributed by atoms with van der Waals surface area (Å²) in [7, 11) is 0. The molecule has 2 aromatic heterocycles. The predicted octanol–water partition coefficient (Wildman–Crippen LogP) is 3.55. The lowest BCUT2D eigenvalue weighted by Gasteiger charge is -2.34. The summed E-state index contributed by atoms with van der Waals surface area (Å²) in [5, 5.41) is 3.37. The van der Waals surface area contributed by atoms with Crippen LogP contribution >= 0.6 is 0 Å². The number of piperidine rings is 1. The first-order valence-corrected chi connectivity index (χ1v) is 9.28. The van der Waals surface area contributed by atoms with Gasteiger partial charge in [0.1, 0.15) is 5.82 Å². The number of aromatic nitrogens is 2. The lowest BCUT2D eigenvalue weighted by atomic mass is 10.0. The fraction of sp³-hybridized carbons (Fsp3) is 0.500. The SMILES string of the molecule is Cc1ccc(C)n1C1CCN(C(=O)c2ccnc(NC3CC3)c2)CC1. The Kier molecular flexibility index (Phi) is 4.24. The Labute approximate surface area is 149 Å². The second-order valence-electron chi connectivity index (χ2n) is 7.36. The van der Waals surface area contributed by atoms with Gasteiger partial charge in [0.25, 0.3) is 5.91 Å². The molecular formula is C20H26N4O. The molecule has 2 aromatic rings. The molecule has 0 atom stereocenters. The van der Waals surface area contributed by atoms with Crippen LogP contribution < -0.4 is 5.32 Å². The molecule has 0 radical (unpaired) electrons. The number of anilines is 1. The highest BCUT2D eigenvalue weighted by atomic mass is 16.2. The Morgan fingerprint density at radius 1 is 1.08 bits per heavy atom. The van der Waals surface area contributed by atoms with Crippen LogP contribution in [0, 0.1) is 13.8 Å². The van der Waals surface area contributed by atoms with Gasteiger partial charge in [0.05, 0.1) is 0 Å². The molecule has 1 aliphatic heterocycles. The van der Waals surface area contributed by atoms with E-state index < -0.39 is 0 Å². The van der Waals surface area contributed by atoms with Gasteiger partial charge >= 0.3 is 0 Å². The Bertz CT molecular complexity index is 750. The average molecular weight is 338 g/mol. The lowest BCUT2D eigenvalue weighted by Crippen LogP contribution is -2.39. The quantitative estimate of drug-likeness (QED) is 0.927. The molecule has 5 nitrogen and oxygen atoms in total. The van der Waals surface area contributed by atoms with Gasteiger partial charge in [0.15, 0.2) is 0 Å². The molecule has 4 rings (SSSR count). The van der Waals surface area contributed by atoms with Crippen molar-refractivity contribution in [2.45, 2.75) is 51.6 Å². The zero-order valence-electron chi connectivity index (χ0n) is 15.0. The summed E-state index contributed by atoms with van der Waals surface area (Å²) < 4.78 is 2.42. The van der Waals surface area contributed by atoms with Crippen molar-refractivity contribution in [3.8, 4) is 0 Å². The van der Waals surface area contributed by atoms with Crippen molar-refractivity contribution in [1.29, 1.82) is 0 Å². The Hall–Kier alpha value is -2.30. The van der Waals surface area contributed by atoms with Gasteiger partial charge in [-0.05, 0) is 63.8 Å². The van der Waals surface area contributed by atoms with E-state index in [0.717, 1.165) is 37.3 Å². The Morgan fingerprint density at radius 2 is 1.76 bits per heavy atom. The fourth-order valence-corrected chi connectivity index (χ4v) is 3.84. The summed E-state index contributed by atoms with van der Waals surface area (Å²) in [5.74, 6) is 0.947. The number of likely N-dealkylation sites (tertiary alicyclic amines) is 1. The van der Waals surface area contributed by atoms with Gasteiger partial charge in [0, 0.05) is 48.3 Å². The minimum absolute atomic E-state index is 0.126. The number of carbonyl (C=O) groups is 1. The number of amides is 1. The highest BCUT2D eigenvalue weighted by Gasteiger charge is 2.26. The molecule has 3 heterocycles. The maximum absolute atomic E-state index is 12.8. The van der Waals surface area contributed by atoms with Crippen LogP contribution in [0.4, 0.5) is 5.82 Å². The summed E-state index contributed by atoms with van der Waals surface area (Å²) in [6, 6.07) is 9.13. The van der Waals surface area contributed by atoms with Gasteiger partial charge in [-0.15, -0.1) is 0 Å². The molecule has 0 bridgehead atoms. The molecular weight excluding hydrogens is 312 g/mol. The Morgan fingerprint density at radius 3 is 2.40 bits per heavy atom. The molecule has 1 N–H and O–H groups in total. The van der Waals surface area contributed by atoms with Gasteiger partial charge in [-0.25, -0.2) is 4.98 Å². The largest absolute Gasteiger partial charge is 0.367 e. The van der Waals surface area contributed by atoms with Crippen molar-refractivity contribution in [1.82, 2.24) is 14.5 Å². The van der Waals surface area contributed by atoms with Crippen molar-refractivity contribution < 1.29 is 4.79 Å². The normalized spacial score (nSPS) is 18.4. The van der Waals surface area contributed by atoms with Gasteiger partial charge in [0.2, 0.25) is 0 Å². The molecule has 25 heavy (non-hydrogen) atoms. The zero-order chi connectivity index (χ0) is 17.4. The Balaban J connectivity index is 1.41. The van der Waals surface area contributed by atoms with E-state index in [2.05, 4.69) is 40.8 Å². The van der Waals surface area contributed by atoms with Crippen LogP contribution in [0.1, 0.15) is 53.5 Å². The summed E-state index contributed by atoms with van der Waals surface area (Å²) >= 11 is 0. The molecule has 2 aliphatic rings. The molecule has 0 spiro atoms. The number of nitrogens with zero attached hydrogens (tertiary/aromatic N) is 3. The van der Waals surface area contributed by atoms with Crippen molar-refractivity contribution in [3.05, 3.63) is 47.4 Å². The van der Waals surface area contributed by atoms with Crippen LogP contribution in [-0.2, 0) is 0 Å². The smallest absolute Gasteiger partial charge is 0.254 e. The number of pyridine rings is 1. The first-order chi connectivity index (χ1) is 12.1. The van der Waals surface area contributed by atoms with Gasteiger partial charge in [-0.2, -0.15) is 0 Å². The molecule has 1 aliphatic carbocycles. The number of rotatable bonds is 4. The average Bonchev–Trinajstić information content (AvgIpc) is 3.38. The minimum Gasteiger partial charge on any atom is -0.367 e. The second-order valence-corrected chi connectivity index (χ2v) is 7.36.